The van der Waals surface area contributed by atoms with E-state index in [4.69, 9.17) is 9.05 Å². The minimum absolute atomic E-state index is 0.000678. The fourth-order valence-corrected chi connectivity index (χ4v) is 8.01. The maximum absolute atomic E-state index is 13.0. The first kappa shape index (κ1) is 71.1. The lowest BCUT2D eigenvalue weighted by molar-refractivity contribution is -0.870. The highest BCUT2D eigenvalue weighted by Crippen LogP contribution is 2.43. The van der Waals surface area contributed by atoms with Crippen molar-refractivity contribution < 1.29 is 38.0 Å². The number of quaternary nitrogens is 1. The predicted octanol–water partition coefficient (Wildman–Crippen LogP) is 16.8. The number of rotatable bonds is 50. The maximum Gasteiger partial charge on any atom is 0.472 e. The normalized spacial score (nSPS) is 15.5. The number of amides is 1. The summed E-state index contributed by atoms with van der Waals surface area (Å²) in [5, 5.41) is 24.7. The van der Waals surface area contributed by atoms with E-state index in [1.54, 1.807) is 0 Å². The zero-order valence-electron chi connectivity index (χ0n) is 47.8. The van der Waals surface area contributed by atoms with Crippen molar-refractivity contribution >= 4 is 13.7 Å². The molecule has 424 valence electrons. The Morgan fingerprint density at radius 3 is 1.27 bits per heavy atom. The van der Waals surface area contributed by atoms with E-state index in [1.165, 1.54) is 19.3 Å². The van der Waals surface area contributed by atoms with Gasteiger partial charge < -0.3 is 24.9 Å². The molecule has 10 heteroatoms. The van der Waals surface area contributed by atoms with Crippen molar-refractivity contribution in [2.24, 2.45) is 0 Å². The van der Waals surface area contributed by atoms with Crippen LogP contribution in [0.4, 0.5) is 0 Å². The zero-order valence-corrected chi connectivity index (χ0v) is 48.7. The second-order valence-corrected chi connectivity index (χ2v) is 21.5. The van der Waals surface area contributed by atoms with Crippen LogP contribution in [-0.4, -0.2) is 84.6 Å². The lowest BCUT2D eigenvalue weighted by atomic mass is 10.0. The molecule has 0 radical (unpaired) electrons. The Balaban J connectivity index is 4.27. The van der Waals surface area contributed by atoms with Crippen molar-refractivity contribution in [1.29, 1.82) is 0 Å². The van der Waals surface area contributed by atoms with Gasteiger partial charge in [0, 0.05) is 6.42 Å². The van der Waals surface area contributed by atoms with E-state index in [1.807, 2.05) is 21.1 Å². The van der Waals surface area contributed by atoms with Crippen LogP contribution in [0.25, 0.3) is 0 Å². The molecule has 1 amide bonds. The highest BCUT2D eigenvalue weighted by molar-refractivity contribution is 7.47. The molecule has 0 fully saturated rings. The minimum Gasteiger partial charge on any atom is -0.390 e. The number of unbranched alkanes of at least 4 members (excludes halogenated alkanes) is 10. The molecular formula is C65H108N2O7P+. The summed E-state index contributed by atoms with van der Waals surface area (Å²) in [6.45, 7) is 4.38. The van der Waals surface area contributed by atoms with Gasteiger partial charge in [-0.1, -0.05) is 204 Å². The van der Waals surface area contributed by atoms with Gasteiger partial charge in [0.2, 0.25) is 5.91 Å². The SMILES string of the molecule is CC/C=C\C/C=C\C/C=C\C/C=C\C/C=C\C/C=C\C/C=C\C/C=C\C/C=C\C/C=C\C/C=C\CCCCCCCC(=O)NC(COP(=O)(O)OCC[N+](C)(C)C)C(O)C(O)CCC/C=C/CC/C=C/CCCCC. The largest absolute Gasteiger partial charge is 0.472 e. The van der Waals surface area contributed by atoms with E-state index >= 15 is 0 Å². The molecule has 4 atom stereocenters. The first-order valence-electron chi connectivity index (χ1n) is 28.9. The number of phosphoric acid groups is 1. The molecule has 0 saturated carbocycles. The van der Waals surface area contributed by atoms with E-state index in [9.17, 15) is 24.5 Å². The topological polar surface area (TPSA) is 125 Å². The van der Waals surface area contributed by atoms with Crippen molar-refractivity contribution in [2.75, 3.05) is 40.9 Å². The summed E-state index contributed by atoms with van der Waals surface area (Å²) in [5.41, 5.74) is 0. The van der Waals surface area contributed by atoms with Crippen LogP contribution in [0.3, 0.4) is 0 Å². The number of nitrogens with zero attached hydrogens (tertiary/aromatic N) is 1. The number of aliphatic hydroxyl groups excluding tert-OH is 2. The molecule has 4 unspecified atom stereocenters. The molecule has 0 saturated heterocycles. The van der Waals surface area contributed by atoms with Crippen molar-refractivity contribution in [3.8, 4) is 0 Å². The van der Waals surface area contributed by atoms with Crippen molar-refractivity contribution in [2.45, 2.75) is 205 Å². The van der Waals surface area contributed by atoms with Crippen molar-refractivity contribution in [1.82, 2.24) is 5.32 Å². The Kier molecular flexibility index (Phi) is 50.7. The van der Waals surface area contributed by atoms with E-state index < -0.39 is 32.7 Å². The Bertz CT molecular complexity index is 1790. The summed E-state index contributed by atoms with van der Waals surface area (Å²) in [7, 11) is 1.37. The Morgan fingerprint density at radius 2 is 0.840 bits per heavy atom. The van der Waals surface area contributed by atoms with Gasteiger partial charge in [0.15, 0.2) is 0 Å². The van der Waals surface area contributed by atoms with Gasteiger partial charge in [-0.3, -0.25) is 13.8 Å². The summed E-state index contributed by atoms with van der Waals surface area (Å²) in [6, 6.07) is -1.08. The molecule has 9 nitrogen and oxygen atoms in total. The molecule has 0 aliphatic heterocycles. The second kappa shape index (κ2) is 53.5. The Hall–Kier alpha value is -3.92. The third-order valence-electron chi connectivity index (χ3n) is 11.8. The number of carbonyl (C=O) groups is 1. The number of phosphoric ester groups is 1. The number of carbonyl (C=O) groups excluding carboxylic acids is 1. The van der Waals surface area contributed by atoms with Gasteiger partial charge in [0.25, 0.3) is 0 Å². The summed E-state index contributed by atoms with van der Waals surface area (Å²) < 4.78 is 23.5. The van der Waals surface area contributed by atoms with E-state index in [0.29, 0.717) is 30.3 Å². The summed E-state index contributed by atoms with van der Waals surface area (Å²) in [5.74, 6) is -0.299. The minimum atomic E-state index is -4.45. The average molecular weight is 1060 g/mol. The van der Waals surface area contributed by atoms with Crippen molar-refractivity contribution in [3.63, 3.8) is 0 Å². The molecule has 0 aromatic rings. The summed E-state index contributed by atoms with van der Waals surface area (Å²) in [4.78, 5) is 23.3. The molecule has 0 aliphatic carbocycles. The van der Waals surface area contributed by atoms with Gasteiger partial charge in [0.05, 0.1) is 39.9 Å². The fraction of sp³-hybridized carbons (Fsp3) is 0.585. The highest BCUT2D eigenvalue weighted by Gasteiger charge is 2.31. The molecule has 0 bridgehead atoms. The first-order valence-corrected chi connectivity index (χ1v) is 30.4. The molecule has 0 rings (SSSR count). The second-order valence-electron chi connectivity index (χ2n) is 20.0. The lowest BCUT2D eigenvalue weighted by Gasteiger charge is -2.28. The third kappa shape index (κ3) is 54.7. The first-order chi connectivity index (χ1) is 36.4. The number of hydrogen-bond donors (Lipinski definition) is 4. The van der Waals surface area contributed by atoms with Crippen LogP contribution < -0.4 is 5.32 Å². The van der Waals surface area contributed by atoms with E-state index in [2.05, 4.69) is 177 Å². The number of aliphatic hydroxyl groups is 2. The monoisotopic (exact) mass is 1060 g/mol. The number of allylic oxidation sites excluding steroid dienone is 26. The van der Waals surface area contributed by atoms with E-state index in [-0.39, 0.29) is 18.9 Å². The fourth-order valence-electron chi connectivity index (χ4n) is 7.28. The quantitative estimate of drug-likeness (QED) is 0.0207. The molecule has 75 heavy (non-hydrogen) atoms. The maximum atomic E-state index is 13.0. The van der Waals surface area contributed by atoms with Gasteiger partial charge in [0.1, 0.15) is 19.3 Å². The standard InChI is InChI=1S/C65H107N2O7P/c1-6-8-10-12-14-16-18-20-21-22-23-24-25-26-27-28-29-30-31-32-33-34-35-36-37-38-39-40-41-42-43-44-45-46-48-50-52-54-56-58-64(69)66-62(61-74-75(71,72)73-60-59-67(3,4)5)65(70)63(68)57-55-53-51-49-47-19-17-15-13-11-9-7-2/h8,10,14-17,20-21,23-24,26-27,29-30,32-33,35-36,38-39,41-42,44-45,49,51,62-63,65,68,70H,6-7,9,11-13,18-19,22,25,28,31,34,37,40,43,46-48,50,52-61H2,1-5H3,(H-,66,69,71,72)/p+1/b10-8-,16-14-,17-15+,21-20-,24-23-,27-26-,30-29-,33-32-,36-35-,39-38-,42-41-,45-44-,51-49+. The number of nitrogens with one attached hydrogen (secondary N) is 1. The molecule has 0 spiro atoms. The Labute approximate surface area is 459 Å². The molecule has 0 heterocycles. The van der Waals surface area contributed by atoms with Crippen LogP contribution in [0, 0.1) is 0 Å². The van der Waals surface area contributed by atoms with Crippen LogP contribution >= 0.6 is 7.82 Å². The average Bonchev–Trinajstić information content (AvgIpc) is 3.37. The third-order valence-corrected chi connectivity index (χ3v) is 12.8. The molecule has 4 N–H and O–H groups in total. The van der Waals surface area contributed by atoms with Crippen LogP contribution in [0.15, 0.2) is 158 Å². The van der Waals surface area contributed by atoms with Gasteiger partial charge in [-0.2, -0.15) is 0 Å². The number of likely N-dealkylation sites (N-methyl/N-ethyl adjacent to an activating group) is 1. The lowest BCUT2D eigenvalue weighted by Crippen LogP contribution is -2.51. The summed E-state index contributed by atoms with van der Waals surface area (Å²) in [6.07, 6.45) is 80.6. The van der Waals surface area contributed by atoms with Crippen LogP contribution in [0.5, 0.6) is 0 Å². The molecular weight excluding hydrogens is 952 g/mol. The smallest absolute Gasteiger partial charge is 0.390 e. The van der Waals surface area contributed by atoms with Crippen LogP contribution in [0.2, 0.25) is 0 Å². The van der Waals surface area contributed by atoms with Gasteiger partial charge in [-0.25, -0.2) is 4.57 Å². The predicted molar refractivity (Wildman–Crippen MR) is 323 cm³/mol. The van der Waals surface area contributed by atoms with Crippen LogP contribution in [-0.2, 0) is 18.4 Å². The van der Waals surface area contributed by atoms with Gasteiger partial charge in [-0.15, -0.1) is 0 Å². The van der Waals surface area contributed by atoms with Crippen molar-refractivity contribution in [3.05, 3.63) is 158 Å². The number of hydrogen-bond acceptors (Lipinski definition) is 6. The van der Waals surface area contributed by atoms with Gasteiger partial charge >= 0.3 is 7.82 Å². The van der Waals surface area contributed by atoms with Crippen LogP contribution in [0.1, 0.15) is 187 Å². The molecule has 0 aliphatic rings. The van der Waals surface area contributed by atoms with E-state index in [0.717, 1.165) is 128 Å². The molecule has 0 aromatic carbocycles. The Morgan fingerprint density at radius 1 is 0.480 bits per heavy atom. The van der Waals surface area contributed by atoms with Gasteiger partial charge in [-0.05, 0) is 135 Å². The highest BCUT2D eigenvalue weighted by atomic mass is 31.2. The zero-order chi connectivity index (χ0) is 55.0. The molecule has 0 aromatic heterocycles. The summed E-state index contributed by atoms with van der Waals surface area (Å²) >= 11 is 0.